The van der Waals surface area contributed by atoms with Crippen LogP contribution in [0.4, 0.5) is 0 Å². The minimum absolute atomic E-state index is 0.131. The Morgan fingerprint density at radius 3 is 2.17 bits per heavy atom. The number of carbonyl (C=O) groups is 1. The molecule has 0 radical (unpaired) electrons. The maximum Gasteiger partial charge on any atom is 0.314 e. The van der Waals surface area contributed by atoms with Crippen LogP contribution in [0.2, 0.25) is 0 Å². The maximum absolute atomic E-state index is 12.6. The normalized spacial score (nSPS) is 27.1. The van der Waals surface area contributed by atoms with Crippen molar-refractivity contribution in [3.8, 4) is 0 Å². The van der Waals surface area contributed by atoms with Crippen molar-refractivity contribution in [3.63, 3.8) is 0 Å². The number of ether oxygens (including phenoxy) is 1. The quantitative estimate of drug-likeness (QED) is 0.829. The van der Waals surface area contributed by atoms with E-state index in [-0.39, 0.29) is 11.4 Å². The molecule has 0 saturated heterocycles. The first-order valence-corrected chi connectivity index (χ1v) is 8.53. The van der Waals surface area contributed by atoms with Crippen LogP contribution in [-0.2, 0) is 21.6 Å². The Balaban J connectivity index is 1.99. The first-order valence-electron chi connectivity index (χ1n) is 8.53. The molecule has 3 heteroatoms. The van der Waals surface area contributed by atoms with Crippen LogP contribution in [0.3, 0.4) is 0 Å². The van der Waals surface area contributed by atoms with Gasteiger partial charge >= 0.3 is 5.97 Å². The highest BCUT2D eigenvalue weighted by atomic mass is 16.5. The lowest BCUT2D eigenvalue weighted by atomic mass is 9.87. The second-order valence-electron chi connectivity index (χ2n) is 8.80. The molecule has 0 heterocycles. The molecule has 0 amide bonds. The maximum atomic E-state index is 12.6. The highest BCUT2D eigenvalue weighted by Gasteiger charge is 2.68. The van der Waals surface area contributed by atoms with Crippen molar-refractivity contribution < 1.29 is 9.53 Å². The molecule has 1 aromatic carbocycles. The molecule has 1 aliphatic carbocycles. The fraction of sp³-hybridized carbons (Fsp3) is 0.650. The van der Waals surface area contributed by atoms with Crippen molar-refractivity contribution in [3.05, 3.63) is 35.4 Å². The van der Waals surface area contributed by atoms with Gasteiger partial charge in [-0.25, -0.2) is 0 Å². The summed E-state index contributed by atoms with van der Waals surface area (Å²) in [5.41, 5.74) is 7.74. The fourth-order valence-corrected chi connectivity index (χ4v) is 3.36. The molecule has 1 saturated carbocycles. The van der Waals surface area contributed by atoms with E-state index in [1.165, 1.54) is 5.56 Å². The highest BCUT2D eigenvalue weighted by molar-refractivity contribution is 5.83. The second kappa shape index (κ2) is 5.94. The van der Waals surface area contributed by atoms with Crippen molar-refractivity contribution in [1.29, 1.82) is 0 Å². The Labute approximate surface area is 140 Å². The lowest BCUT2D eigenvalue weighted by Gasteiger charge is -2.21. The standard InChI is InChI=1S/C20H31NO2/c1-14(2)11-20(13-19(20,6)21)17(22)23-12-15-7-9-16(10-8-15)18(3,4)5/h7-10,14H,11-13,21H2,1-6H3. The molecule has 2 atom stereocenters. The Bertz CT molecular complexity index is 566. The number of esters is 1. The minimum Gasteiger partial charge on any atom is -0.460 e. The van der Waals surface area contributed by atoms with E-state index in [0.29, 0.717) is 12.5 Å². The monoisotopic (exact) mass is 317 g/mol. The summed E-state index contributed by atoms with van der Waals surface area (Å²) in [6.07, 6.45) is 1.52. The van der Waals surface area contributed by atoms with E-state index in [4.69, 9.17) is 10.5 Å². The summed E-state index contributed by atoms with van der Waals surface area (Å²) in [5.74, 6) is 0.287. The van der Waals surface area contributed by atoms with E-state index >= 15 is 0 Å². The minimum atomic E-state index is -0.494. The summed E-state index contributed by atoms with van der Waals surface area (Å²) in [7, 11) is 0. The van der Waals surface area contributed by atoms with Crippen LogP contribution in [0.1, 0.15) is 65.5 Å². The van der Waals surface area contributed by atoms with Gasteiger partial charge in [0, 0.05) is 5.54 Å². The number of rotatable bonds is 5. The average Bonchev–Trinajstić information content (AvgIpc) is 2.97. The molecule has 2 rings (SSSR count). The number of hydrogen-bond donors (Lipinski definition) is 1. The van der Waals surface area contributed by atoms with E-state index in [9.17, 15) is 4.79 Å². The van der Waals surface area contributed by atoms with Gasteiger partial charge in [-0.2, -0.15) is 0 Å². The van der Waals surface area contributed by atoms with Gasteiger partial charge in [-0.05, 0) is 42.2 Å². The third-order valence-corrected chi connectivity index (χ3v) is 4.97. The lowest BCUT2D eigenvalue weighted by molar-refractivity contribution is -0.153. The van der Waals surface area contributed by atoms with Crippen molar-refractivity contribution in [2.24, 2.45) is 17.1 Å². The summed E-state index contributed by atoms with van der Waals surface area (Å²) in [5, 5.41) is 0. The Kier molecular flexibility index (Phi) is 4.64. The molecule has 0 bridgehead atoms. The molecule has 1 aliphatic rings. The number of benzene rings is 1. The molecule has 128 valence electrons. The summed E-state index contributed by atoms with van der Waals surface area (Å²) >= 11 is 0. The van der Waals surface area contributed by atoms with Crippen LogP contribution in [0.5, 0.6) is 0 Å². The van der Waals surface area contributed by atoms with Crippen molar-refractivity contribution >= 4 is 5.97 Å². The van der Waals surface area contributed by atoms with Gasteiger partial charge in [0.25, 0.3) is 0 Å². The lowest BCUT2D eigenvalue weighted by Crippen LogP contribution is -2.35. The molecule has 0 aliphatic heterocycles. The Hall–Kier alpha value is -1.35. The largest absolute Gasteiger partial charge is 0.460 e. The number of carbonyl (C=O) groups excluding carboxylic acids is 1. The van der Waals surface area contributed by atoms with Crippen molar-refractivity contribution in [2.45, 2.75) is 71.9 Å². The summed E-state index contributed by atoms with van der Waals surface area (Å²) < 4.78 is 5.60. The third kappa shape index (κ3) is 3.77. The summed E-state index contributed by atoms with van der Waals surface area (Å²) in [4.78, 5) is 12.6. The van der Waals surface area contributed by atoms with Gasteiger partial charge in [-0.15, -0.1) is 0 Å². The van der Waals surface area contributed by atoms with Gasteiger partial charge in [0.1, 0.15) is 6.61 Å². The van der Waals surface area contributed by atoms with Crippen LogP contribution < -0.4 is 5.73 Å². The number of hydrogen-bond acceptors (Lipinski definition) is 3. The first-order chi connectivity index (χ1) is 10.5. The SMILES string of the molecule is CC(C)CC1(C(=O)OCc2ccc(C(C)(C)C)cc2)CC1(C)N. The van der Waals surface area contributed by atoms with Crippen molar-refractivity contribution in [1.82, 2.24) is 0 Å². The van der Waals surface area contributed by atoms with E-state index in [1.807, 2.05) is 19.1 Å². The molecule has 2 unspecified atom stereocenters. The molecule has 1 aromatic rings. The Morgan fingerprint density at radius 1 is 1.26 bits per heavy atom. The second-order valence-corrected chi connectivity index (χ2v) is 8.80. The van der Waals surface area contributed by atoms with Gasteiger partial charge < -0.3 is 10.5 Å². The molecule has 0 spiro atoms. The van der Waals surface area contributed by atoms with Gasteiger partial charge in [0.2, 0.25) is 0 Å². The van der Waals surface area contributed by atoms with Gasteiger partial charge in [-0.3, -0.25) is 4.79 Å². The van der Waals surface area contributed by atoms with E-state index in [0.717, 1.165) is 18.4 Å². The zero-order valence-electron chi connectivity index (χ0n) is 15.4. The van der Waals surface area contributed by atoms with Gasteiger partial charge in [-0.1, -0.05) is 58.9 Å². The zero-order valence-corrected chi connectivity index (χ0v) is 15.4. The predicted molar refractivity (Wildman–Crippen MR) is 94.0 cm³/mol. The predicted octanol–water partition coefficient (Wildman–Crippen LogP) is 4.18. The molecule has 2 N–H and O–H groups in total. The van der Waals surface area contributed by atoms with E-state index in [1.54, 1.807) is 0 Å². The number of nitrogens with two attached hydrogens (primary N) is 1. The van der Waals surface area contributed by atoms with Crippen LogP contribution in [-0.4, -0.2) is 11.5 Å². The highest BCUT2D eigenvalue weighted by Crippen LogP contribution is 2.58. The third-order valence-electron chi connectivity index (χ3n) is 4.97. The summed E-state index contributed by atoms with van der Waals surface area (Å²) in [6.45, 7) is 13.1. The van der Waals surface area contributed by atoms with E-state index < -0.39 is 11.0 Å². The van der Waals surface area contributed by atoms with Gasteiger partial charge in [0.05, 0.1) is 5.41 Å². The molecule has 0 aromatic heterocycles. The zero-order chi connectivity index (χ0) is 17.5. The topological polar surface area (TPSA) is 52.3 Å². The summed E-state index contributed by atoms with van der Waals surface area (Å²) in [6, 6.07) is 8.30. The van der Waals surface area contributed by atoms with Crippen LogP contribution in [0.15, 0.2) is 24.3 Å². The Morgan fingerprint density at radius 2 is 1.78 bits per heavy atom. The smallest absolute Gasteiger partial charge is 0.314 e. The van der Waals surface area contributed by atoms with Crippen molar-refractivity contribution in [2.75, 3.05) is 0 Å². The van der Waals surface area contributed by atoms with Crippen LogP contribution in [0.25, 0.3) is 0 Å². The average molecular weight is 317 g/mol. The molecule has 3 nitrogen and oxygen atoms in total. The van der Waals surface area contributed by atoms with Gasteiger partial charge in [0.15, 0.2) is 0 Å². The van der Waals surface area contributed by atoms with E-state index in [2.05, 4.69) is 46.8 Å². The molecular weight excluding hydrogens is 286 g/mol. The van der Waals surface area contributed by atoms with Crippen LogP contribution >= 0.6 is 0 Å². The first kappa shape index (κ1) is 18.0. The van der Waals surface area contributed by atoms with Crippen LogP contribution in [0, 0.1) is 11.3 Å². The fourth-order valence-electron chi connectivity index (χ4n) is 3.36. The molecule has 23 heavy (non-hydrogen) atoms. The molecule has 1 fully saturated rings. The molecular formula is C20H31NO2.